The highest BCUT2D eigenvalue weighted by molar-refractivity contribution is 7.89. The molecule has 2 aromatic heterocycles. The van der Waals surface area contributed by atoms with Crippen LogP contribution in [-0.2, 0) is 23.5 Å². The molecule has 9 nitrogen and oxygen atoms in total. The summed E-state index contributed by atoms with van der Waals surface area (Å²) in [4.78, 5) is 15.9. The topological polar surface area (TPSA) is 118 Å². The van der Waals surface area contributed by atoms with Gasteiger partial charge in [0.15, 0.2) is 0 Å². The smallest absolute Gasteiger partial charge is 0.274 e. The molecule has 0 spiro atoms. The Morgan fingerprint density at radius 2 is 1.97 bits per heavy atom. The Balaban J connectivity index is 2.20. The summed E-state index contributed by atoms with van der Waals surface area (Å²) < 4.78 is 35.2. The lowest BCUT2D eigenvalue weighted by molar-refractivity contribution is 0.271. The van der Waals surface area contributed by atoms with Crippen LogP contribution in [0.2, 0.25) is 0 Å². The molecule has 0 saturated carbocycles. The first-order chi connectivity index (χ1) is 15.8. The van der Waals surface area contributed by atoms with Gasteiger partial charge >= 0.3 is 0 Å². The number of pyridine rings is 1. The van der Waals surface area contributed by atoms with Crippen molar-refractivity contribution in [3.63, 3.8) is 0 Å². The number of nitrogens with one attached hydrogen (secondary N) is 1. The number of H-pyrrole nitrogens is 1. The SMILES string of the molecule is CCCc1nn(C)c2c(=O)[nH]c(-c3cc(S(=O)(=O)N(CC)CCCO)ccc3OCC)cc12. The highest BCUT2D eigenvalue weighted by Crippen LogP contribution is 2.33. The molecule has 1 aromatic carbocycles. The molecule has 0 radical (unpaired) electrons. The third kappa shape index (κ3) is 4.97. The Morgan fingerprint density at radius 3 is 2.61 bits per heavy atom. The van der Waals surface area contributed by atoms with Crippen molar-refractivity contribution in [1.82, 2.24) is 19.1 Å². The van der Waals surface area contributed by atoms with E-state index in [0.29, 0.717) is 35.6 Å². The van der Waals surface area contributed by atoms with Gasteiger partial charge in [-0.3, -0.25) is 9.48 Å². The maximum atomic E-state index is 13.3. The summed E-state index contributed by atoms with van der Waals surface area (Å²) in [6.45, 7) is 6.44. The molecule has 2 N–H and O–H groups in total. The van der Waals surface area contributed by atoms with Crippen LogP contribution in [0, 0.1) is 0 Å². The van der Waals surface area contributed by atoms with Gasteiger partial charge in [-0.15, -0.1) is 0 Å². The Morgan fingerprint density at radius 1 is 1.21 bits per heavy atom. The Bertz CT molecular complexity index is 1280. The summed E-state index contributed by atoms with van der Waals surface area (Å²) >= 11 is 0. The number of nitrogens with zero attached hydrogens (tertiary/aromatic N) is 3. The zero-order valence-electron chi connectivity index (χ0n) is 19.6. The van der Waals surface area contributed by atoms with Crippen LogP contribution in [0.25, 0.3) is 22.2 Å². The Kier molecular flexibility index (Phi) is 7.93. The van der Waals surface area contributed by atoms with E-state index in [-0.39, 0.29) is 30.2 Å². The Labute approximate surface area is 194 Å². The minimum absolute atomic E-state index is 0.0903. The third-order valence-corrected chi connectivity index (χ3v) is 7.47. The van der Waals surface area contributed by atoms with Gasteiger partial charge in [0, 0.05) is 37.7 Å². The van der Waals surface area contributed by atoms with Gasteiger partial charge in [0.2, 0.25) is 10.0 Å². The molecule has 0 atom stereocenters. The molecule has 180 valence electrons. The van der Waals surface area contributed by atoms with Gasteiger partial charge in [-0.2, -0.15) is 9.40 Å². The molecular weight excluding hydrogens is 444 g/mol. The second kappa shape index (κ2) is 10.5. The Hall–Kier alpha value is -2.69. The van der Waals surface area contributed by atoms with Crippen LogP contribution in [0.5, 0.6) is 5.75 Å². The second-order valence-electron chi connectivity index (χ2n) is 7.76. The van der Waals surface area contributed by atoms with Crippen LogP contribution in [0.3, 0.4) is 0 Å². The number of sulfonamides is 1. The summed E-state index contributed by atoms with van der Waals surface area (Å²) in [6.07, 6.45) is 1.96. The van der Waals surface area contributed by atoms with Crippen LogP contribution in [0.15, 0.2) is 34.0 Å². The number of fused-ring (bicyclic) bond motifs is 1. The lowest BCUT2D eigenvalue weighted by atomic mass is 10.1. The number of aromatic nitrogens is 3. The van der Waals surface area contributed by atoms with Gasteiger partial charge in [-0.05, 0) is 44.0 Å². The zero-order chi connectivity index (χ0) is 24.2. The molecular formula is C23H32N4O5S. The van der Waals surface area contributed by atoms with Crippen LogP contribution in [-0.4, -0.2) is 58.9 Å². The maximum absolute atomic E-state index is 13.3. The van der Waals surface area contributed by atoms with Crippen molar-refractivity contribution in [3.8, 4) is 17.0 Å². The minimum Gasteiger partial charge on any atom is -0.493 e. The van der Waals surface area contributed by atoms with E-state index in [2.05, 4.69) is 10.1 Å². The standard InChI is InChI=1S/C23H32N4O5S/c1-5-9-19-18-15-20(24-23(29)22(18)26(4)25-19)17-14-16(10-11-21(17)32-7-3)33(30,31)27(6-2)12-8-13-28/h10-11,14-15,28H,5-9,12-13H2,1-4H3,(H,24,29). The molecule has 10 heteroatoms. The van der Waals surface area contributed by atoms with E-state index in [1.54, 1.807) is 24.7 Å². The van der Waals surface area contributed by atoms with Crippen molar-refractivity contribution in [1.29, 1.82) is 0 Å². The number of benzene rings is 1. The lowest BCUT2D eigenvalue weighted by Crippen LogP contribution is -2.32. The highest BCUT2D eigenvalue weighted by Gasteiger charge is 2.25. The van der Waals surface area contributed by atoms with Crippen LogP contribution in [0.1, 0.15) is 39.3 Å². The molecule has 0 bridgehead atoms. The van der Waals surface area contributed by atoms with Crippen molar-refractivity contribution in [3.05, 3.63) is 40.3 Å². The number of hydrogen-bond donors (Lipinski definition) is 2. The number of aliphatic hydroxyl groups is 1. The number of hydrogen-bond acceptors (Lipinski definition) is 6. The molecule has 2 heterocycles. The van der Waals surface area contributed by atoms with E-state index in [1.807, 2.05) is 19.9 Å². The lowest BCUT2D eigenvalue weighted by Gasteiger charge is -2.21. The minimum atomic E-state index is -3.79. The van der Waals surface area contributed by atoms with Crippen molar-refractivity contribution in [2.75, 3.05) is 26.3 Å². The average molecular weight is 477 g/mol. The molecule has 3 aromatic rings. The van der Waals surface area contributed by atoms with Gasteiger partial charge in [0.1, 0.15) is 11.3 Å². The normalized spacial score (nSPS) is 12.1. The van der Waals surface area contributed by atoms with Crippen LogP contribution < -0.4 is 10.3 Å². The summed E-state index contributed by atoms with van der Waals surface area (Å²) in [6, 6.07) is 6.50. The van der Waals surface area contributed by atoms with Crippen LogP contribution in [0.4, 0.5) is 0 Å². The fourth-order valence-electron chi connectivity index (χ4n) is 3.95. The number of aliphatic hydroxyl groups excluding tert-OH is 1. The molecule has 0 aliphatic carbocycles. The maximum Gasteiger partial charge on any atom is 0.274 e. The third-order valence-electron chi connectivity index (χ3n) is 5.50. The summed E-state index contributed by atoms with van der Waals surface area (Å²) in [5, 5.41) is 14.4. The number of aryl methyl sites for hydroxylation is 2. The first-order valence-corrected chi connectivity index (χ1v) is 12.7. The molecule has 3 rings (SSSR count). The van der Waals surface area contributed by atoms with E-state index in [9.17, 15) is 13.2 Å². The van der Waals surface area contributed by atoms with E-state index < -0.39 is 10.0 Å². The average Bonchev–Trinajstić information content (AvgIpc) is 3.10. The number of aromatic amines is 1. The van der Waals surface area contributed by atoms with Gasteiger partial charge in [0.05, 0.1) is 22.9 Å². The summed E-state index contributed by atoms with van der Waals surface area (Å²) in [5.74, 6) is 0.478. The predicted molar refractivity (Wildman–Crippen MR) is 128 cm³/mol. The second-order valence-corrected chi connectivity index (χ2v) is 9.70. The molecule has 0 fully saturated rings. The molecule has 0 amide bonds. The summed E-state index contributed by atoms with van der Waals surface area (Å²) in [7, 11) is -2.06. The van der Waals surface area contributed by atoms with Crippen molar-refractivity contribution in [2.24, 2.45) is 7.05 Å². The molecule has 33 heavy (non-hydrogen) atoms. The predicted octanol–water partition coefficient (Wildman–Crippen LogP) is 2.67. The van der Waals surface area contributed by atoms with Crippen molar-refractivity contribution in [2.45, 2.75) is 44.9 Å². The monoisotopic (exact) mass is 476 g/mol. The van der Waals surface area contributed by atoms with E-state index >= 15 is 0 Å². The fraction of sp³-hybridized carbons (Fsp3) is 0.478. The van der Waals surface area contributed by atoms with E-state index in [4.69, 9.17) is 9.84 Å². The largest absolute Gasteiger partial charge is 0.493 e. The van der Waals surface area contributed by atoms with E-state index in [1.165, 1.54) is 16.4 Å². The molecule has 0 saturated heterocycles. The quantitative estimate of drug-likeness (QED) is 0.439. The number of rotatable bonds is 11. The summed E-state index contributed by atoms with van der Waals surface area (Å²) in [5.41, 5.74) is 1.96. The molecule has 0 aliphatic rings. The zero-order valence-corrected chi connectivity index (χ0v) is 20.4. The fourth-order valence-corrected chi connectivity index (χ4v) is 5.47. The number of ether oxygens (including phenoxy) is 1. The molecule has 0 aliphatic heterocycles. The first-order valence-electron chi connectivity index (χ1n) is 11.3. The van der Waals surface area contributed by atoms with Gasteiger partial charge < -0.3 is 14.8 Å². The first kappa shape index (κ1) is 24.9. The highest BCUT2D eigenvalue weighted by atomic mass is 32.2. The van der Waals surface area contributed by atoms with Gasteiger partial charge in [0.25, 0.3) is 5.56 Å². The van der Waals surface area contributed by atoms with Crippen molar-refractivity contribution >= 4 is 20.9 Å². The van der Waals surface area contributed by atoms with E-state index in [0.717, 1.165) is 23.9 Å². The van der Waals surface area contributed by atoms with Crippen molar-refractivity contribution < 1.29 is 18.3 Å². The van der Waals surface area contributed by atoms with Crippen LogP contribution >= 0.6 is 0 Å². The molecule has 0 unspecified atom stereocenters. The van der Waals surface area contributed by atoms with Gasteiger partial charge in [-0.25, -0.2) is 8.42 Å². The van der Waals surface area contributed by atoms with Gasteiger partial charge in [-0.1, -0.05) is 20.3 Å².